The lowest BCUT2D eigenvalue weighted by Gasteiger charge is -2.16. The van der Waals surface area contributed by atoms with Gasteiger partial charge in [0.1, 0.15) is 5.52 Å². The van der Waals surface area contributed by atoms with E-state index in [1.54, 1.807) is 11.3 Å². The van der Waals surface area contributed by atoms with E-state index < -0.39 is 0 Å². The molecule has 0 saturated heterocycles. The quantitative estimate of drug-likeness (QED) is 0.714. The summed E-state index contributed by atoms with van der Waals surface area (Å²) in [5.41, 5.74) is 4.86. The molecule has 1 N–H and O–H groups in total. The summed E-state index contributed by atoms with van der Waals surface area (Å²) in [7, 11) is 0. The zero-order valence-electron chi connectivity index (χ0n) is 7.41. The zero-order valence-corrected chi connectivity index (χ0v) is 8.23. The Morgan fingerprint density at radius 3 is 3.21 bits per heavy atom. The average Bonchev–Trinajstić information content (AvgIpc) is 2.65. The van der Waals surface area contributed by atoms with Crippen LogP contribution in [0.5, 0.6) is 0 Å². The first-order valence-corrected chi connectivity index (χ1v) is 5.37. The first kappa shape index (κ1) is 7.94. The number of thiazole rings is 1. The van der Waals surface area contributed by atoms with Crippen LogP contribution in [-0.4, -0.2) is 10.9 Å². The topological polar surface area (TPSA) is 42.0 Å². The van der Waals surface area contributed by atoms with Crippen LogP contribution in [0.1, 0.15) is 12.0 Å². The van der Waals surface area contributed by atoms with Crippen molar-refractivity contribution < 1.29 is 4.79 Å². The second-order valence-electron chi connectivity index (χ2n) is 3.35. The van der Waals surface area contributed by atoms with E-state index in [1.807, 2.05) is 5.51 Å². The normalized spacial score (nSPS) is 15.3. The SMILES string of the molecule is O=C1CCc2ccc3scnc3c2N1. The van der Waals surface area contributed by atoms with Gasteiger partial charge in [0.15, 0.2) is 0 Å². The minimum absolute atomic E-state index is 0.0954. The molecule has 3 rings (SSSR count). The second-order valence-corrected chi connectivity index (χ2v) is 4.23. The third-order valence-electron chi connectivity index (χ3n) is 2.47. The molecule has 3 nitrogen and oxygen atoms in total. The highest BCUT2D eigenvalue weighted by Gasteiger charge is 2.17. The van der Waals surface area contributed by atoms with Gasteiger partial charge in [-0.2, -0.15) is 0 Å². The molecule has 0 aliphatic carbocycles. The van der Waals surface area contributed by atoms with E-state index in [2.05, 4.69) is 22.4 Å². The molecule has 0 fully saturated rings. The molecule has 0 radical (unpaired) electrons. The number of hydrogen-bond acceptors (Lipinski definition) is 3. The molecule has 14 heavy (non-hydrogen) atoms. The summed E-state index contributed by atoms with van der Waals surface area (Å²) in [6, 6.07) is 4.15. The number of aryl methyl sites for hydroxylation is 1. The van der Waals surface area contributed by atoms with Crippen molar-refractivity contribution in [2.75, 3.05) is 5.32 Å². The van der Waals surface area contributed by atoms with Gasteiger partial charge in [-0.15, -0.1) is 11.3 Å². The molecule has 0 unspecified atom stereocenters. The van der Waals surface area contributed by atoms with Gasteiger partial charge in [-0.1, -0.05) is 6.07 Å². The van der Waals surface area contributed by atoms with Crippen LogP contribution in [0, 0.1) is 0 Å². The zero-order chi connectivity index (χ0) is 9.54. The Hall–Kier alpha value is -1.42. The second kappa shape index (κ2) is 2.78. The average molecular weight is 204 g/mol. The molecule has 4 heteroatoms. The fourth-order valence-corrected chi connectivity index (χ4v) is 2.46. The summed E-state index contributed by atoms with van der Waals surface area (Å²) < 4.78 is 1.13. The van der Waals surface area contributed by atoms with Gasteiger partial charge in [0.05, 0.1) is 15.9 Å². The van der Waals surface area contributed by atoms with Crippen LogP contribution in [-0.2, 0) is 11.2 Å². The van der Waals surface area contributed by atoms with Gasteiger partial charge < -0.3 is 5.32 Å². The van der Waals surface area contributed by atoms with Crippen LogP contribution < -0.4 is 5.32 Å². The summed E-state index contributed by atoms with van der Waals surface area (Å²) in [5.74, 6) is 0.0954. The highest BCUT2D eigenvalue weighted by molar-refractivity contribution is 7.16. The lowest BCUT2D eigenvalue weighted by Crippen LogP contribution is -2.19. The van der Waals surface area contributed by atoms with Gasteiger partial charge in [-0.3, -0.25) is 4.79 Å². The molecule has 0 spiro atoms. The summed E-state index contributed by atoms with van der Waals surface area (Å²) >= 11 is 1.60. The number of fused-ring (bicyclic) bond motifs is 3. The molecule has 0 bridgehead atoms. The predicted molar refractivity (Wildman–Crippen MR) is 56.6 cm³/mol. The third kappa shape index (κ3) is 1.04. The van der Waals surface area contributed by atoms with Gasteiger partial charge in [0.25, 0.3) is 0 Å². The van der Waals surface area contributed by atoms with Gasteiger partial charge >= 0.3 is 0 Å². The van der Waals surface area contributed by atoms with Crippen molar-refractivity contribution >= 4 is 33.1 Å². The Morgan fingerprint density at radius 1 is 1.36 bits per heavy atom. The highest BCUT2D eigenvalue weighted by Crippen LogP contribution is 2.31. The van der Waals surface area contributed by atoms with Crippen LogP contribution in [0.4, 0.5) is 5.69 Å². The van der Waals surface area contributed by atoms with Gasteiger partial charge in [-0.05, 0) is 18.1 Å². The first-order chi connectivity index (χ1) is 6.84. The minimum atomic E-state index is 0.0954. The maximum absolute atomic E-state index is 11.3. The monoisotopic (exact) mass is 204 g/mol. The third-order valence-corrected chi connectivity index (χ3v) is 3.27. The van der Waals surface area contributed by atoms with Crippen LogP contribution >= 0.6 is 11.3 Å². The Kier molecular flexibility index (Phi) is 1.58. The van der Waals surface area contributed by atoms with Crippen molar-refractivity contribution in [3.63, 3.8) is 0 Å². The van der Waals surface area contributed by atoms with Crippen molar-refractivity contribution in [3.05, 3.63) is 23.2 Å². The number of rotatable bonds is 0. The Balaban J connectivity index is 2.31. The van der Waals surface area contributed by atoms with E-state index in [0.29, 0.717) is 6.42 Å². The number of hydrogen-bond donors (Lipinski definition) is 1. The lowest BCUT2D eigenvalue weighted by molar-refractivity contribution is -0.116. The van der Waals surface area contributed by atoms with Crippen LogP contribution in [0.15, 0.2) is 17.6 Å². The van der Waals surface area contributed by atoms with E-state index in [0.717, 1.165) is 22.3 Å². The van der Waals surface area contributed by atoms with Crippen LogP contribution in [0.3, 0.4) is 0 Å². The lowest BCUT2D eigenvalue weighted by atomic mass is 10.0. The van der Waals surface area contributed by atoms with Gasteiger partial charge in [-0.25, -0.2) is 4.98 Å². The molecule has 1 amide bonds. The molecule has 0 saturated carbocycles. The minimum Gasteiger partial charge on any atom is -0.324 e. The van der Waals surface area contributed by atoms with E-state index >= 15 is 0 Å². The summed E-state index contributed by atoms with van der Waals surface area (Å²) in [6.45, 7) is 0. The van der Waals surface area contributed by atoms with Crippen molar-refractivity contribution in [2.24, 2.45) is 0 Å². The largest absolute Gasteiger partial charge is 0.324 e. The fourth-order valence-electron chi connectivity index (χ4n) is 1.77. The number of aromatic nitrogens is 1. The number of anilines is 1. The summed E-state index contributed by atoms with van der Waals surface area (Å²) in [6.07, 6.45) is 1.41. The molecule has 1 aliphatic rings. The van der Waals surface area contributed by atoms with Gasteiger partial charge in [0, 0.05) is 6.42 Å². The maximum Gasteiger partial charge on any atom is 0.224 e. The fraction of sp³-hybridized carbons (Fsp3) is 0.200. The Labute approximate surface area is 84.8 Å². The van der Waals surface area contributed by atoms with Gasteiger partial charge in [0.2, 0.25) is 5.91 Å². The van der Waals surface area contributed by atoms with Crippen molar-refractivity contribution in [2.45, 2.75) is 12.8 Å². The van der Waals surface area contributed by atoms with Crippen molar-refractivity contribution in [1.29, 1.82) is 0 Å². The summed E-state index contributed by atoms with van der Waals surface area (Å²) in [4.78, 5) is 15.5. The van der Waals surface area contributed by atoms with E-state index in [1.165, 1.54) is 5.56 Å². The molecule has 70 valence electrons. The smallest absolute Gasteiger partial charge is 0.224 e. The molecule has 0 atom stereocenters. The summed E-state index contributed by atoms with van der Waals surface area (Å²) in [5, 5.41) is 2.89. The Morgan fingerprint density at radius 2 is 2.29 bits per heavy atom. The van der Waals surface area contributed by atoms with Crippen molar-refractivity contribution in [3.8, 4) is 0 Å². The number of nitrogens with one attached hydrogen (secondary N) is 1. The molecular formula is C10H8N2OS. The predicted octanol–water partition coefficient (Wildman–Crippen LogP) is 2.18. The molecule has 2 aromatic rings. The molecule has 1 aromatic carbocycles. The number of carbonyl (C=O) groups is 1. The number of nitrogens with zero attached hydrogens (tertiary/aromatic N) is 1. The van der Waals surface area contributed by atoms with Crippen LogP contribution in [0.25, 0.3) is 10.2 Å². The van der Waals surface area contributed by atoms with Crippen molar-refractivity contribution in [1.82, 2.24) is 4.98 Å². The van der Waals surface area contributed by atoms with E-state index in [-0.39, 0.29) is 5.91 Å². The molecule has 1 aromatic heterocycles. The molecule has 2 heterocycles. The highest BCUT2D eigenvalue weighted by atomic mass is 32.1. The maximum atomic E-state index is 11.3. The molecular weight excluding hydrogens is 196 g/mol. The number of benzene rings is 1. The number of amides is 1. The molecule has 1 aliphatic heterocycles. The van der Waals surface area contributed by atoms with E-state index in [9.17, 15) is 4.79 Å². The van der Waals surface area contributed by atoms with Crippen LogP contribution in [0.2, 0.25) is 0 Å². The number of carbonyl (C=O) groups excluding carboxylic acids is 1. The first-order valence-electron chi connectivity index (χ1n) is 4.49. The standard InChI is InChI=1S/C10H8N2OS/c13-8-4-2-6-1-3-7-10(9(6)12-8)11-5-14-7/h1,3,5H,2,4H2,(H,12,13). The Bertz CT molecular complexity index is 518. The van der Waals surface area contributed by atoms with E-state index in [4.69, 9.17) is 0 Å².